The lowest BCUT2D eigenvalue weighted by Crippen LogP contribution is -2.32. The largest absolute Gasteiger partial charge is 0.496 e. The first kappa shape index (κ1) is 21.7. The van der Waals surface area contributed by atoms with E-state index in [9.17, 15) is 19.7 Å². The van der Waals surface area contributed by atoms with Crippen molar-refractivity contribution < 1.29 is 24.0 Å². The first-order valence-corrected chi connectivity index (χ1v) is 8.93. The average Bonchev–Trinajstić information content (AvgIpc) is 2.70. The predicted molar refractivity (Wildman–Crippen MR) is 107 cm³/mol. The molecular formula is C20H23N3O6. The standard InChI is InChI=1S/C20H23N3O6/c1-14-3-8-18(28-2)15(11-14)12-20(25)29-13-19(24)22-10-9-21-16-4-6-17(7-5-16)23(26)27/h3-8,11,21H,9-10,12-13H2,1-2H3,(H,22,24). The average molecular weight is 401 g/mol. The minimum atomic E-state index is -0.520. The van der Waals surface area contributed by atoms with E-state index in [-0.39, 0.29) is 18.7 Å². The number of non-ortho nitro benzene ring substituents is 1. The molecule has 29 heavy (non-hydrogen) atoms. The zero-order chi connectivity index (χ0) is 21.2. The predicted octanol–water partition coefficient (Wildman–Crippen LogP) is 2.23. The van der Waals surface area contributed by atoms with Gasteiger partial charge in [-0.15, -0.1) is 0 Å². The number of nitrogens with one attached hydrogen (secondary N) is 2. The molecule has 2 aromatic carbocycles. The zero-order valence-electron chi connectivity index (χ0n) is 16.3. The lowest BCUT2D eigenvalue weighted by Gasteiger charge is -2.10. The third-order valence-electron chi connectivity index (χ3n) is 3.99. The van der Waals surface area contributed by atoms with Crippen molar-refractivity contribution in [1.29, 1.82) is 0 Å². The van der Waals surface area contributed by atoms with Crippen LogP contribution in [0.3, 0.4) is 0 Å². The van der Waals surface area contributed by atoms with Gasteiger partial charge in [0.1, 0.15) is 5.75 Å². The molecule has 0 bridgehead atoms. The van der Waals surface area contributed by atoms with Crippen LogP contribution in [0, 0.1) is 17.0 Å². The highest BCUT2D eigenvalue weighted by Gasteiger charge is 2.12. The summed E-state index contributed by atoms with van der Waals surface area (Å²) in [6, 6.07) is 11.5. The van der Waals surface area contributed by atoms with Gasteiger partial charge in [0.25, 0.3) is 11.6 Å². The number of methoxy groups -OCH3 is 1. The first-order valence-electron chi connectivity index (χ1n) is 8.93. The van der Waals surface area contributed by atoms with E-state index in [2.05, 4.69) is 10.6 Å². The molecule has 0 fully saturated rings. The number of ether oxygens (including phenoxy) is 2. The second-order valence-electron chi connectivity index (χ2n) is 6.23. The Labute approximate surface area is 168 Å². The normalized spacial score (nSPS) is 10.1. The molecule has 1 amide bonds. The maximum Gasteiger partial charge on any atom is 0.310 e. The number of amides is 1. The van der Waals surface area contributed by atoms with Crippen LogP contribution in [0.25, 0.3) is 0 Å². The maximum atomic E-state index is 12.0. The molecule has 0 aromatic heterocycles. The van der Waals surface area contributed by atoms with Crippen LogP contribution >= 0.6 is 0 Å². The van der Waals surface area contributed by atoms with Crippen LogP contribution in [-0.4, -0.2) is 43.6 Å². The van der Waals surface area contributed by atoms with Crippen molar-refractivity contribution in [3.63, 3.8) is 0 Å². The van der Waals surface area contributed by atoms with Crippen LogP contribution in [0.4, 0.5) is 11.4 Å². The number of hydrogen-bond donors (Lipinski definition) is 2. The van der Waals surface area contributed by atoms with E-state index >= 15 is 0 Å². The summed E-state index contributed by atoms with van der Waals surface area (Å²) in [5, 5.41) is 16.2. The fourth-order valence-electron chi connectivity index (χ4n) is 2.56. The molecule has 0 saturated heterocycles. The van der Waals surface area contributed by atoms with E-state index < -0.39 is 16.8 Å². The van der Waals surface area contributed by atoms with E-state index in [1.807, 2.05) is 19.1 Å². The van der Waals surface area contributed by atoms with Crippen LogP contribution < -0.4 is 15.4 Å². The zero-order valence-corrected chi connectivity index (χ0v) is 16.3. The summed E-state index contributed by atoms with van der Waals surface area (Å²) in [5.41, 5.74) is 2.40. The minimum absolute atomic E-state index is 0.00829. The Kier molecular flexibility index (Phi) is 7.96. The summed E-state index contributed by atoms with van der Waals surface area (Å²) < 4.78 is 10.2. The summed E-state index contributed by atoms with van der Waals surface area (Å²) in [7, 11) is 1.53. The Hall–Kier alpha value is -3.62. The highest BCUT2D eigenvalue weighted by molar-refractivity contribution is 5.81. The fraction of sp³-hybridized carbons (Fsp3) is 0.300. The molecule has 2 aromatic rings. The second kappa shape index (κ2) is 10.6. The molecule has 0 atom stereocenters. The quantitative estimate of drug-likeness (QED) is 0.271. The van der Waals surface area contributed by atoms with Gasteiger partial charge in [0.2, 0.25) is 0 Å². The van der Waals surface area contributed by atoms with E-state index in [4.69, 9.17) is 9.47 Å². The molecule has 0 aliphatic rings. The molecule has 2 N–H and O–H groups in total. The number of esters is 1. The molecule has 0 unspecified atom stereocenters. The summed E-state index contributed by atoms with van der Waals surface area (Å²) in [6.45, 7) is 2.26. The van der Waals surface area contributed by atoms with E-state index in [0.717, 1.165) is 5.56 Å². The molecule has 0 saturated carbocycles. The van der Waals surface area contributed by atoms with E-state index in [1.54, 1.807) is 18.2 Å². The first-order chi connectivity index (χ1) is 13.9. The van der Waals surface area contributed by atoms with Gasteiger partial charge in [0, 0.05) is 36.5 Å². The van der Waals surface area contributed by atoms with Gasteiger partial charge in [-0.3, -0.25) is 19.7 Å². The van der Waals surface area contributed by atoms with Crippen molar-refractivity contribution in [2.45, 2.75) is 13.3 Å². The Bertz CT molecular complexity index is 867. The molecular weight excluding hydrogens is 378 g/mol. The minimum Gasteiger partial charge on any atom is -0.496 e. The van der Waals surface area contributed by atoms with Crippen molar-refractivity contribution in [2.75, 3.05) is 32.1 Å². The number of rotatable bonds is 10. The monoisotopic (exact) mass is 401 g/mol. The highest BCUT2D eigenvalue weighted by Crippen LogP contribution is 2.20. The van der Waals surface area contributed by atoms with E-state index in [0.29, 0.717) is 30.1 Å². The fourth-order valence-corrected chi connectivity index (χ4v) is 2.56. The molecule has 9 heteroatoms. The third-order valence-corrected chi connectivity index (χ3v) is 3.99. The van der Waals surface area contributed by atoms with Crippen molar-refractivity contribution in [2.24, 2.45) is 0 Å². The number of carbonyl (C=O) groups excluding carboxylic acids is 2. The number of aryl methyl sites for hydroxylation is 1. The summed E-state index contributed by atoms with van der Waals surface area (Å²) in [5.74, 6) is -0.345. The summed E-state index contributed by atoms with van der Waals surface area (Å²) in [6.07, 6.45) is 0.0137. The molecule has 0 spiro atoms. The molecule has 0 aliphatic heterocycles. The van der Waals surface area contributed by atoms with Gasteiger partial charge < -0.3 is 20.1 Å². The molecule has 2 rings (SSSR count). The Morgan fingerprint density at radius 2 is 1.83 bits per heavy atom. The Morgan fingerprint density at radius 1 is 1.10 bits per heavy atom. The number of nitro groups is 1. The van der Waals surface area contributed by atoms with Gasteiger partial charge in [-0.1, -0.05) is 17.7 Å². The van der Waals surface area contributed by atoms with Crippen molar-refractivity contribution in [3.05, 3.63) is 63.7 Å². The van der Waals surface area contributed by atoms with Crippen molar-refractivity contribution in [1.82, 2.24) is 5.32 Å². The topological polar surface area (TPSA) is 120 Å². The number of hydrogen-bond acceptors (Lipinski definition) is 7. The Balaban J connectivity index is 1.67. The van der Waals surface area contributed by atoms with Gasteiger partial charge >= 0.3 is 5.97 Å². The Morgan fingerprint density at radius 3 is 2.48 bits per heavy atom. The van der Waals surface area contributed by atoms with Gasteiger partial charge in [-0.05, 0) is 25.1 Å². The number of anilines is 1. The highest BCUT2D eigenvalue weighted by atomic mass is 16.6. The summed E-state index contributed by atoms with van der Waals surface area (Å²) in [4.78, 5) is 33.9. The van der Waals surface area contributed by atoms with Gasteiger partial charge in [-0.2, -0.15) is 0 Å². The van der Waals surface area contributed by atoms with Gasteiger partial charge in [0.15, 0.2) is 6.61 Å². The molecule has 0 aliphatic carbocycles. The van der Waals surface area contributed by atoms with Crippen LogP contribution in [0.15, 0.2) is 42.5 Å². The van der Waals surface area contributed by atoms with Crippen molar-refractivity contribution >= 4 is 23.3 Å². The third kappa shape index (κ3) is 7.13. The van der Waals surface area contributed by atoms with Crippen LogP contribution in [0.1, 0.15) is 11.1 Å². The van der Waals surface area contributed by atoms with Crippen LogP contribution in [0.5, 0.6) is 5.75 Å². The lowest BCUT2D eigenvalue weighted by molar-refractivity contribution is -0.384. The van der Waals surface area contributed by atoms with Crippen LogP contribution in [-0.2, 0) is 20.7 Å². The van der Waals surface area contributed by atoms with Crippen molar-refractivity contribution in [3.8, 4) is 5.75 Å². The van der Waals surface area contributed by atoms with Gasteiger partial charge in [0.05, 0.1) is 18.5 Å². The molecule has 154 valence electrons. The number of carbonyl (C=O) groups is 2. The maximum absolute atomic E-state index is 12.0. The van der Waals surface area contributed by atoms with Gasteiger partial charge in [-0.25, -0.2) is 0 Å². The smallest absolute Gasteiger partial charge is 0.310 e. The molecule has 9 nitrogen and oxygen atoms in total. The summed E-state index contributed by atoms with van der Waals surface area (Å²) >= 11 is 0. The van der Waals surface area contributed by atoms with Crippen LogP contribution in [0.2, 0.25) is 0 Å². The second-order valence-corrected chi connectivity index (χ2v) is 6.23. The molecule has 0 heterocycles. The lowest BCUT2D eigenvalue weighted by atomic mass is 10.1. The number of nitrogens with zero attached hydrogens (tertiary/aromatic N) is 1. The number of benzene rings is 2. The van der Waals surface area contributed by atoms with E-state index in [1.165, 1.54) is 19.2 Å². The molecule has 0 radical (unpaired) electrons. The SMILES string of the molecule is COc1ccc(C)cc1CC(=O)OCC(=O)NCCNc1ccc([N+](=O)[O-])cc1. The number of nitro benzene ring substituents is 1.